The predicted octanol–water partition coefficient (Wildman–Crippen LogP) is 1.19. The molecule has 1 aliphatic heterocycles. The fraction of sp³-hybridized carbons (Fsp3) is 0.923. The van der Waals surface area contributed by atoms with Crippen LogP contribution in [0.1, 0.15) is 32.1 Å². The van der Waals surface area contributed by atoms with E-state index in [1.165, 1.54) is 0 Å². The van der Waals surface area contributed by atoms with Gasteiger partial charge in [-0.25, -0.2) is 0 Å². The predicted molar refractivity (Wildman–Crippen MR) is 86.9 cm³/mol. The highest BCUT2D eigenvalue weighted by atomic mass is 35.5. The molecule has 0 aromatic carbocycles. The Balaban J connectivity index is 0. The summed E-state index contributed by atoms with van der Waals surface area (Å²) in [4.78, 5) is 13.9. The van der Waals surface area contributed by atoms with Crippen molar-refractivity contribution in [3.63, 3.8) is 0 Å². The van der Waals surface area contributed by atoms with Crippen LogP contribution in [-0.2, 0) is 9.53 Å². The second-order valence-electron chi connectivity index (χ2n) is 4.76. The Kier molecular flexibility index (Phi) is 17.0. The molecule has 0 atom stereocenters. The fourth-order valence-corrected chi connectivity index (χ4v) is 2.05. The average Bonchev–Trinajstić information content (AvgIpc) is 2.40. The minimum absolute atomic E-state index is 0. The van der Waals surface area contributed by atoms with Crippen LogP contribution in [-0.4, -0.2) is 56.7 Å². The van der Waals surface area contributed by atoms with Crippen LogP contribution in [0.15, 0.2) is 0 Å². The number of ether oxygens (including phenoxy) is 1. The number of nitrogens with zero attached hydrogens (tertiary/aromatic N) is 1. The van der Waals surface area contributed by atoms with Crippen LogP contribution < -0.4 is 11.1 Å². The second-order valence-corrected chi connectivity index (χ2v) is 4.76. The zero-order chi connectivity index (χ0) is 13.1. The summed E-state index contributed by atoms with van der Waals surface area (Å²) >= 11 is 0. The van der Waals surface area contributed by atoms with E-state index in [2.05, 4.69) is 10.2 Å². The highest BCUT2D eigenvalue weighted by Crippen LogP contribution is 2.02. The van der Waals surface area contributed by atoms with E-state index in [0.29, 0.717) is 6.42 Å². The number of rotatable bonds is 9. The lowest BCUT2D eigenvalue weighted by Crippen LogP contribution is -2.41. The molecule has 0 spiro atoms. The van der Waals surface area contributed by atoms with Crippen LogP contribution in [0.2, 0.25) is 0 Å². The number of carbonyl (C=O) groups is 1. The maximum atomic E-state index is 11.5. The van der Waals surface area contributed by atoms with Crippen molar-refractivity contribution in [2.45, 2.75) is 32.1 Å². The molecular formula is C13H29Cl2N3O2. The lowest BCUT2D eigenvalue weighted by Gasteiger charge is -2.26. The number of hydrogen-bond donors (Lipinski definition) is 2. The van der Waals surface area contributed by atoms with Crippen molar-refractivity contribution in [3.8, 4) is 0 Å². The number of nitrogens with two attached hydrogens (primary N) is 1. The van der Waals surface area contributed by atoms with Crippen molar-refractivity contribution >= 4 is 30.7 Å². The van der Waals surface area contributed by atoms with Crippen LogP contribution in [0.5, 0.6) is 0 Å². The van der Waals surface area contributed by atoms with Gasteiger partial charge in [0.2, 0.25) is 5.91 Å². The molecule has 5 nitrogen and oxygen atoms in total. The molecule has 0 aliphatic carbocycles. The summed E-state index contributed by atoms with van der Waals surface area (Å²) in [5, 5.41) is 2.97. The van der Waals surface area contributed by atoms with E-state index in [9.17, 15) is 4.79 Å². The molecule has 1 heterocycles. The molecule has 1 amide bonds. The molecule has 122 valence electrons. The third-order valence-electron chi connectivity index (χ3n) is 3.21. The van der Waals surface area contributed by atoms with Crippen LogP contribution in [0.25, 0.3) is 0 Å². The first-order valence-electron chi connectivity index (χ1n) is 7.10. The van der Waals surface area contributed by atoms with Crippen LogP contribution in [0.3, 0.4) is 0 Å². The van der Waals surface area contributed by atoms with Crippen LogP contribution in [0, 0.1) is 0 Å². The largest absolute Gasteiger partial charge is 0.379 e. The number of unbranched alkanes of at least 4 members (excludes halogenated alkanes) is 3. The Morgan fingerprint density at radius 1 is 1.10 bits per heavy atom. The summed E-state index contributed by atoms with van der Waals surface area (Å²) in [5.74, 6) is 0.177. The molecule has 1 saturated heterocycles. The van der Waals surface area contributed by atoms with Crippen molar-refractivity contribution in [1.82, 2.24) is 10.2 Å². The van der Waals surface area contributed by atoms with E-state index in [1.807, 2.05) is 0 Å². The summed E-state index contributed by atoms with van der Waals surface area (Å²) in [6, 6.07) is 0. The number of halogens is 2. The molecule has 1 fully saturated rings. The molecule has 1 rings (SSSR count). The Labute approximate surface area is 134 Å². The smallest absolute Gasteiger partial charge is 0.220 e. The molecule has 0 saturated carbocycles. The van der Waals surface area contributed by atoms with E-state index < -0.39 is 0 Å². The zero-order valence-electron chi connectivity index (χ0n) is 12.1. The first-order valence-corrected chi connectivity index (χ1v) is 7.10. The van der Waals surface area contributed by atoms with E-state index in [4.69, 9.17) is 10.5 Å². The molecule has 0 unspecified atom stereocenters. The van der Waals surface area contributed by atoms with E-state index in [-0.39, 0.29) is 30.7 Å². The molecule has 3 N–H and O–H groups in total. The molecular weight excluding hydrogens is 301 g/mol. The SMILES string of the molecule is Cl.Cl.NCCCCCCC(=O)NCCN1CCOCC1. The van der Waals surface area contributed by atoms with Gasteiger partial charge < -0.3 is 15.8 Å². The van der Waals surface area contributed by atoms with Gasteiger partial charge in [0.1, 0.15) is 0 Å². The van der Waals surface area contributed by atoms with Crippen molar-refractivity contribution in [3.05, 3.63) is 0 Å². The van der Waals surface area contributed by atoms with Gasteiger partial charge in [-0.15, -0.1) is 24.8 Å². The molecule has 0 radical (unpaired) electrons. The summed E-state index contributed by atoms with van der Waals surface area (Å²) in [5.41, 5.74) is 5.41. The van der Waals surface area contributed by atoms with Gasteiger partial charge in [-0.1, -0.05) is 12.8 Å². The van der Waals surface area contributed by atoms with Crippen molar-refractivity contribution < 1.29 is 9.53 Å². The lowest BCUT2D eigenvalue weighted by molar-refractivity contribution is -0.121. The maximum absolute atomic E-state index is 11.5. The van der Waals surface area contributed by atoms with Gasteiger partial charge in [0.05, 0.1) is 13.2 Å². The summed E-state index contributed by atoms with van der Waals surface area (Å²) in [6.45, 7) is 6.03. The Hall–Kier alpha value is -0.0700. The Morgan fingerprint density at radius 3 is 2.40 bits per heavy atom. The fourth-order valence-electron chi connectivity index (χ4n) is 2.05. The standard InChI is InChI=1S/C13H27N3O2.2ClH/c14-6-4-2-1-3-5-13(17)15-7-8-16-9-11-18-12-10-16;;/h1-12,14H2,(H,15,17);2*1H. The molecule has 20 heavy (non-hydrogen) atoms. The normalized spacial score (nSPS) is 15.1. The third-order valence-corrected chi connectivity index (χ3v) is 3.21. The van der Waals surface area contributed by atoms with E-state index in [0.717, 1.165) is 71.6 Å². The van der Waals surface area contributed by atoms with Crippen molar-refractivity contribution in [2.24, 2.45) is 5.73 Å². The van der Waals surface area contributed by atoms with Gasteiger partial charge >= 0.3 is 0 Å². The summed E-state index contributed by atoms with van der Waals surface area (Å²) in [7, 11) is 0. The summed E-state index contributed by atoms with van der Waals surface area (Å²) < 4.78 is 5.27. The average molecular weight is 330 g/mol. The van der Waals surface area contributed by atoms with Gasteiger partial charge in [-0.05, 0) is 19.4 Å². The first kappa shape index (κ1) is 22.2. The number of carbonyl (C=O) groups excluding carboxylic acids is 1. The second kappa shape index (κ2) is 15.3. The summed E-state index contributed by atoms with van der Waals surface area (Å²) in [6.07, 6.45) is 4.93. The first-order chi connectivity index (χ1) is 8.83. The molecule has 7 heteroatoms. The maximum Gasteiger partial charge on any atom is 0.220 e. The number of amides is 1. The highest BCUT2D eigenvalue weighted by Gasteiger charge is 2.09. The third kappa shape index (κ3) is 11.7. The van der Waals surface area contributed by atoms with Gasteiger partial charge in [0.15, 0.2) is 0 Å². The van der Waals surface area contributed by atoms with Gasteiger partial charge in [-0.2, -0.15) is 0 Å². The quantitative estimate of drug-likeness (QED) is 0.623. The van der Waals surface area contributed by atoms with Crippen molar-refractivity contribution in [2.75, 3.05) is 45.9 Å². The van der Waals surface area contributed by atoms with Gasteiger partial charge in [-0.3, -0.25) is 9.69 Å². The molecule has 0 aromatic rings. The zero-order valence-corrected chi connectivity index (χ0v) is 13.8. The monoisotopic (exact) mass is 329 g/mol. The van der Waals surface area contributed by atoms with E-state index in [1.54, 1.807) is 0 Å². The highest BCUT2D eigenvalue weighted by molar-refractivity contribution is 5.85. The van der Waals surface area contributed by atoms with Crippen LogP contribution >= 0.6 is 24.8 Å². The Morgan fingerprint density at radius 2 is 1.75 bits per heavy atom. The number of nitrogens with one attached hydrogen (secondary N) is 1. The molecule has 0 bridgehead atoms. The number of hydrogen-bond acceptors (Lipinski definition) is 4. The lowest BCUT2D eigenvalue weighted by atomic mass is 10.1. The molecule has 1 aliphatic rings. The van der Waals surface area contributed by atoms with Crippen molar-refractivity contribution in [1.29, 1.82) is 0 Å². The van der Waals surface area contributed by atoms with Crippen LogP contribution in [0.4, 0.5) is 0 Å². The number of morpholine rings is 1. The topological polar surface area (TPSA) is 67.6 Å². The molecule has 0 aromatic heterocycles. The van der Waals surface area contributed by atoms with Gasteiger partial charge in [0.25, 0.3) is 0 Å². The van der Waals surface area contributed by atoms with Gasteiger partial charge in [0, 0.05) is 32.6 Å². The Bertz CT molecular complexity index is 228. The minimum Gasteiger partial charge on any atom is -0.379 e. The van der Waals surface area contributed by atoms with E-state index >= 15 is 0 Å². The minimum atomic E-state index is 0.